The van der Waals surface area contributed by atoms with Crippen molar-refractivity contribution in [3.63, 3.8) is 0 Å². The van der Waals surface area contributed by atoms with E-state index in [2.05, 4.69) is 9.97 Å². The molecule has 2 aromatic heterocycles. The van der Waals surface area contributed by atoms with E-state index in [1.807, 2.05) is 16.8 Å². The van der Waals surface area contributed by atoms with Crippen LogP contribution in [0, 0.1) is 0 Å². The zero-order chi connectivity index (χ0) is 10.7. The van der Waals surface area contributed by atoms with Crippen molar-refractivity contribution in [3.8, 4) is 0 Å². The van der Waals surface area contributed by atoms with E-state index < -0.39 is 0 Å². The molecule has 0 saturated heterocycles. The van der Waals surface area contributed by atoms with Gasteiger partial charge in [0, 0.05) is 25.1 Å². The van der Waals surface area contributed by atoms with Crippen molar-refractivity contribution in [1.29, 1.82) is 0 Å². The first-order valence-electron chi connectivity index (χ1n) is 4.58. The molecule has 4 nitrogen and oxygen atoms in total. The first kappa shape index (κ1) is 10.1. The lowest BCUT2D eigenvalue weighted by Crippen LogP contribution is -1.98. The predicted molar refractivity (Wildman–Crippen MR) is 58.5 cm³/mol. The minimum atomic E-state index is 0.455. The van der Waals surface area contributed by atoms with Crippen LogP contribution >= 0.6 is 11.6 Å². The average Bonchev–Trinajstić information content (AvgIpc) is 2.69. The van der Waals surface area contributed by atoms with Crippen LogP contribution in [0.3, 0.4) is 0 Å². The second kappa shape index (κ2) is 4.42. The molecule has 0 atom stereocenters. The third-order valence-electron chi connectivity index (χ3n) is 2.11. The molecule has 2 aromatic rings. The van der Waals surface area contributed by atoms with Crippen LogP contribution in [-0.4, -0.2) is 14.5 Å². The first-order valence-corrected chi connectivity index (χ1v) is 4.96. The van der Waals surface area contributed by atoms with Crippen molar-refractivity contribution in [1.82, 2.24) is 14.5 Å². The summed E-state index contributed by atoms with van der Waals surface area (Å²) in [6.07, 6.45) is 7.02. The van der Waals surface area contributed by atoms with Crippen LogP contribution < -0.4 is 5.73 Å². The van der Waals surface area contributed by atoms with E-state index in [1.165, 1.54) is 0 Å². The van der Waals surface area contributed by atoms with Crippen LogP contribution in [0.5, 0.6) is 0 Å². The van der Waals surface area contributed by atoms with Gasteiger partial charge < -0.3 is 10.3 Å². The summed E-state index contributed by atoms with van der Waals surface area (Å²) in [4.78, 5) is 8.07. The summed E-state index contributed by atoms with van der Waals surface area (Å²) in [5, 5.41) is 0.667. The highest BCUT2D eigenvalue weighted by atomic mass is 35.5. The molecular weight excluding hydrogens is 212 g/mol. The number of pyridine rings is 1. The maximum atomic E-state index is 5.99. The number of aromatic nitrogens is 3. The number of hydrogen-bond donors (Lipinski definition) is 1. The van der Waals surface area contributed by atoms with Gasteiger partial charge in [-0.15, -0.1) is 0 Å². The summed E-state index contributed by atoms with van der Waals surface area (Å²) in [6.45, 7) is 1.14. The van der Waals surface area contributed by atoms with Crippen LogP contribution in [0.15, 0.2) is 31.0 Å². The Labute approximate surface area is 92.7 Å². The lowest BCUT2D eigenvalue weighted by molar-refractivity contribution is 0.794. The van der Waals surface area contributed by atoms with Gasteiger partial charge in [0.1, 0.15) is 0 Å². The van der Waals surface area contributed by atoms with Gasteiger partial charge in [0.25, 0.3) is 0 Å². The first-order chi connectivity index (χ1) is 7.29. The highest BCUT2D eigenvalue weighted by molar-refractivity contribution is 6.31. The van der Waals surface area contributed by atoms with Crippen LogP contribution in [0.25, 0.3) is 0 Å². The van der Waals surface area contributed by atoms with Gasteiger partial charge in [-0.25, -0.2) is 4.98 Å². The Morgan fingerprint density at radius 2 is 2.33 bits per heavy atom. The second-order valence-corrected chi connectivity index (χ2v) is 3.62. The molecule has 2 rings (SSSR count). The standard InChI is InChI=1S/C10H11ClN4/c11-10-4-13-2-1-8(10)5-15-6-9(3-12)14-7-15/h1-2,4,6-7H,3,5,12H2. The highest BCUT2D eigenvalue weighted by Gasteiger charge is 2.01. The maximum absolute atomic E-state index is 5.99. The Morgan fingerprint density at radius 1 is 1.47 bits per heavy atom. The van der Waals surface area contributed by atoms with E-state index in [1.54, 1.807) is 18.7 Å². The minimum Gasteiger partial charge on any atom is -0.333 e. The Hall–Kier alpha value is -1.39. The van der Waals surface area contributed by atoms with Crippen molar-refractivity contribution >= 4 is 11.6 Å². The molecule has 0 spiro atoms. The fourth-order valence-electron chi connectivity index (χ4n) is 1.33. The van der Waals surface area contributed by atoms with Crippen LogP contribution in [0.4, 0.5) is 0 Å². The zero-order valence-electron chi connectivity index (χ0n) is 8.10. The SMILES string of the molecule is NCc1cn(Cc2ccncc2Cl)cn1. The van der Waals surface area contributed by atoms with Crippen LogP contribution in [0.1, 0.15) is 11.3 Å². The Kier molecular flexibility index (Phi) is 2.99. The van der Waals surface area contributed by atoms with E-state index in [4.69, 9.17) is 17.3 Å². The number of hydrogen-bond acceptors (Lipinski definition) is 3. The molecule has 0 amide bonds. The molecule has 15 heavy (non-hydrogen) atoms. The molecule has 0 saturated carbocycles. The van der Waals surface area contributed by atoms with Gasteiger partial charge in [0.15, 0.2) is 0 Å². The van der Waals surface area contributed by atoms with Gasteiger partial charge in [-0.2, -0.15) is 0 Å². The van der Waals surface area contributed by atoms with E-state index >= 15 is 0 Å². The number of rotatable bonds is 3. The Bertz CT molecular complexity index is 452. The van der Waals surface area contributed by atoms with Gasteiger partial charge in [-0.1, -0.05) is 11.6 Å². The summed E-state index contributed by atoms with van der Waals surface area (Å²) in [5.41, 5.74) is 7.37. The van der Waals surface area contributed by atoms with E-state index in [0.717, 1.165) is 11.3 Å². The van der Waals surface area contributed by atoms with Gasteiger partial charge in [-0.05, 0) is 11.6 Å². The molecule has 0 unspecified atom stereocenters. The number of nitrogens with zero attached hydrogens (tertiary/aromatic N) is 3. The zero-order valence-corrected chi connectivity index (χ0v) is 8.85. The average molecular weight is 223 g/mol. The van der Waals surface area contributed by atoms with Crippen molar-refractivity contribution in [2.24, 2.45) is 5.73 Å². The monoisotopic (exact) mass is 222 g/mol. The molecule has 0 fully saturated rings. The fourth-order valence-corrected chi connectivity index (χ4v) is 1.51. The number of nitrogens with two attached hydrogens (primary N) is 1. The largest absolute Gasteiger partial charge is 0.333 e. The van der Waals surface area contributed by atoms with Crippen LogP contribution in [-0.2, 0) is 13.1 Å². The number of imidazole rings is 1. The van der Waals surface area contributed by atoms with Gasteiger partial charge in [-0.3, -0.25) is 4.98 Å². The summed E-state index contributed by atoms with van der Waals surface area (Å²) in [6, 6.07) is 1.89. The summed E-state index contributed by atoms with van der Waals surface area (Å²) < 4.78 is 1.95. The van der Waals surface area contributed by atoms with Gasteiger partial charge in [0.2, 0.25) is 0 Å². The topological polar surface area (TPSA) is 56.7 Å². The fraction of sp³-hybridized carbons (Fsp3) is 0.200. The third-order valence-corrected chi connectivity index (χ3v) is 2.45. The van der Waals surface area contributed by atoms with Gasteiger partial charge >= 0.3 is 0 Å². The Morgan fingerprint density at radius 3 is 3.00 bits per heavy atom. The molecule has 5 heteroatoms. The number of halogens is 1. The van der Waals surface area contributed by atoms with E-state index in [-0.39, 0.29) is 0 Å². The Balaban J connectivity index is 2.18. The normalized spacial score (nSPS) is 10.5. The van der Waals surface area contributed by atoms with E-state index in [9.17, 15) is 0 Å². The van der Waals surface area contributed by atoms with E-state index in [0.29, 0.717) is 18.1 Å². The molecule has 0 bridgehead atoms. The predicted octanol–water partition coefficient (Wildman–Crippen LogP) is 1.44. The van der Waals surface area contributed by atoms with Crippen molar-refractivity contribution in [2.75, 3.05) is 0 Å². The maximum Gasteiger partial charge on any atom is 0.0953 e. The summed E-state index contributed by atoms with van der Waals surface area (Å²) in [7, 11) is 0. The molecule has 0 aromatic carbocycles. The summed E-state index contributed by atoms with van der Waals surface area (Å²) >= 11 is 5.99. The molecular formula is C10H11ClN4. The minimum absolute atomic E-state index is 0.455. The highest BCUT2D eigenvalue weighted by Crippen LogP contribution is 2.14. The lowest BCUT2D eigenvalue weighted by atomic mass is 10.2. The van der Waals surface area contributed by atoms with Crippen molar-refractivity contribution in [2.45, 2.75) is 13.1 Å². The van der Waals surface area contributed by atoms with Gasteiger partial charge in [0.05, 0.1) is 23.6 Å². The molecule has 0 aliphatic heterocycles. The quantitative estimate of drug-likeness (QED) is 0.855. The molecule has 2 heterocycles. The van der Waals surface area contributed by atoms with Crippen LogP contribution in [0.2, 0.25) is 5.02 Å². The third kappa shape index (κ3) is 2.34. The molecule has 78 valence electrons. The summed E-state index contributed by atoms with van der Waals surface area (Å²) in [5.74, 6) is 0. The smallest absolute Gasteiger partial charge is 0.0953 e. The van der Waals surface area contributed by atoms with Crippen molar-refractivity contribution in [3.05, 3.63) is 47.3 Å². The molecule has 2 N–H and O–H groups in total. The molecule has 0 aliphatic carbocycles. The molecule has 0 radical (unpaired) electrons. The second-order valence-electron chi connectivity index (χ2n) is 3.21. The lowest BCUT2D eigenvalue weighted by Gasteiger charge is -2.03. The molecule has 0 aliphatic rings. The van der Waals surface area contributed by atoms with Crippen molar-refractivity contribution < 1.29 is 0 Å².